The van der Waals surface area contributed by atoms with E-state index >= 15 is 0 Å². The van der Waals surface area contributed by atoms with Gasteiger partial charge in [-0.3, -0.25) is 4.79 Å². The number of amides is 1. The van der Waals surface area contributed by atoms with Gasteiger partial charge in [0.05, 0.1) is 0 Å². The summed E-state index contributed by atoms with van der Waals surface area (Å²) < 4.78 is 0. The highest BCUT2D eigenvalue weighted by molar-refractivity contribution is 5.94. The number of hydrogen-bond acceptors (Lipinski definition) is 2. The van der Waals surface area contributed by atoms with Gasteiger partial charge in [-0.1, -0.05) is 42.5 Å². The molecule has 2 unspecified atom stereocenters. The van der Waals surface area contributed by atoms with Crippen LogP contribution in [0.1, 0.15) is 30.1 Å². The van der Waals surface area contributed by atoms with E-state index in [0.29, 0.717) is 6.04 Å². The molecule has 2 aromatic rings. The van der Waals surface area contributed by atoms with Crippen molar-refractivity contribution < 1.29 is 4.79 Å². The molecule has 2 N–H and O–H groups in total. The number of carbonyl (C=O) groups is 1. The van der Waals surface area contributed by atoms with Crippen LogP contribution in [0.15, 0.2) is 54.6 Å². The maximum Gasteiger partial charge on any atom is 0.251 e. The molecule has 0 saturated carbocycles. The molecule has 3 rings (SSSR count). The second-order valence-corrected chi connectivity index (χ2v) is 5.91. The molecule has 0 aromatic heterocycles. The Morgan fingerprint density at radius 2 is 1.70 bits per heavy atom. The summed E-state index contributed by atoms with van der Waals surface area (Å²) in [5.74, 6) is 0.0140. The molecule has 3 nitrogen and oxygen atoms in total. The van der Waals surface area contributed by atoms with E-state index in [2.05, 4.69) is 29.7 Å². The van der Waals surface area contributed by atoms with Crippen LogP contribution in [-0.4, -0.2) is 24.5 Å². The van der Waals surface area contributed by atoms with Crippen LogP contribution in [0.2, 0.25) is 0 Å². The Morgan fingerprint density at radius 1 is 1.04 bits per heavy atom. The first-order chi connectivity index (χ1) is 10.7. The molecule has 0 spiro atoms. The number of carbonyl (C=O) groups excluding carboxylic acids is 1. The van der Waals surface area contributed by atoms with Gasteiger partial charge in [0, 0.05) is 17.6 Å². The summed E-state index contributed by atoms with van der Waals surface area (Å²) in [7, 11) is 0. The van der Waals surface area contributed by atoms with Crippen molar-refractivity contribution in [3.05, 3.63) is 60.2 Å². The van der Waals surface area contributed by atoms with Gasteiger partial charge in [-0.2, -0.15) is 0 Å². The molecule has 4 heteroatoms. The first-order valence-electron chi connectivity index (χ1n) is 7.94. The number of nitrogens with one attached hydrogen (secondary N) is 2. The van der Waals surface area contributed by atoms with Crippen LogP contribution < -0.4 is 10.6 Å². The fraction of sp³-hybridized carbons (Fsp3) is 0.316. The van der Waals surface area contributed by atoms with Crippen molar-refractivity contribution in [2.45, 2.75) is 31.8 Å². The molecular formula is C19H23ClN2O. The van der Waals surface area contributed by atoms with Crippen molar-refractivity contribution in [1.29, 1.82) is 0 Å². The Bertz CT molecular complexity index is 628. The summed E-state index contributed by atoms with van der Waals surface area (Å²) in [6.07, 6.45) is 2.16. The Kier molecular flexibility index (Phi) is 6.20. The number of rotatable bonds is 3. The van der Waals surface area contributed by atoms with Crippen LogP contribution in [0.5, 0.6) is 0 Å². The summed E-state index contributed by atoms with van der Waals surface area (Å²) in [6.45, 7) is 3.17. The maximum absolute atomic E-state index is 12.4. The molecule has 1 aliphatic rings. The third-order valence-electron chi connectivity index (χ3n) is 4.33. The molecule has 2 aromatic carbocycles. The quantitative estimate of drug-likeness (QED) is 0.902. The van der Waals surface area contributed by atoms with Gasteiger partial charge in [0.25, 0.3) is 5.91 Å². The topological polar surface area (TPSA) is 41.1 Å². The van der Waals surface area contributed by atoms with Crippen LogP contribution in [0.4, 0.5) is 0 Å². The molecule has 2 atom stereocenters. The van der Waals surface area contributed by atoms with Gasteiger partial charge in [0.2, 0.25) is 0 Å². The van der Waals surface area contributed by atoms with Gasteiger partial charge in [-0.15, -0.1) is 12.4 Å². The van der Waals surface area contributed by atoms with Crippen molar-refractivity contribution in [2.24, 2.45) is 0 Å². The zero-order valence-electron chi connectivity index (χ0n) is 13.3. The second-order valence-electron chi connectivity index (χ2n) is 5.91. The van der Waals surface area contributed by atoms with Crippen LogP contribution in [-0.2, 0) is 0 Å². The van der Waals surface area contributed by atoms with E-state index in [1.165, 1.54) is 5.56 Å². The zero-order valence-corrected chi connectivity index (χ0v) is 14.1. The number of piperidine rings is 1. The third kappa shape index (κ3) is 4.34. The molecule has 1 heterocycles. The lowest BCUT2D eigenvalue weighted by Gasteiger charge is -2.30. The predicted octanol–water partition coefficient (Wildman–Crippen LogP) is 3.65. The lowest BCUT2D eigenvalue weighted by atomic mass is 9.99. The molecule has 122 valence electrons. The molecule has 1 amide bonds. The van der Waals surface area contributed by atoms with Crippen molar-refractivity contribution in [1.82, 2.24) is 10.6 Å². The normalized spacial score (nSPS) is 20.4. The Balaban J connectivity index is 0.00000192. The molecule has 0 aliphatic carbocycles. The first-order valence-corrected chi connectivity index (χ1v) is 7.94. The Labute approximate surface area is 143 Å². The number of hydrogen-bond donors (Lipinski definition) is 2. The highest BCUT2D eigenvalue weighted by Crippen LogP contribution is 2.19. The van der Waals surface area contributed by atoms with Gasteiger partial charge >= 0.3 is 0 Å². The standard InChI is InChI=1S/C19H22N2O.ClH/c1-14-18(8-5-13-20-14)21-19(22)17-11-9-16(10-12-17)15-6-3-2-4-7-15;/h2-4,6-7,9-12,14,18,20H,5,8,13H2,1H3,(H,21,22);1H. The number of benzene rings is 2. The minimum absolute atomic E-state index is 0. The second kappa shape index (κ2) is 8.14. The summed E-state index contributed by atoms with van der Waals surface area (Å²) in [4.78, 5) is 12.4. The Morgan fingerprint density at radius 3 is 2.35 bits per heavy atom. The van der Waals surface area contributed by atoms with Crippen LogP contribution >= 0.6 is 12.4 Å². The Hall–Kier alpha value is -1.84. The molecule has 23 heavy (non-hydrogen) atoms. The van der Waals surface area contributed by atoms with Crippen molar-refractivity contribution in [3.8, 4) is 11.1 Å². The average Bonchev–Trinajstić information content (AvgIpc) is 2.58. The monoisotopic (exact) mass is 330 g/mol. The molecular weight excluding hydrogens is 308 g/mol. The van der Waals surface area contributed by atoms with Crippen molar-refractivity contribution in [3.63, 3.8) is 0 Å². The van der Waals surface area contributed by atoms with Gasteiger partial charge in [-0.05, 0) is 49.6 Å². The van der Waals surface area contributed by atoms with Gasteiger partial charge in [0.1, 0.15) is 0 Å². The van der Waals surface area contributed by atoms with Gasteiger partial charge in [0.15, 0.2) is 0 Å². The van der Waals surface area contributed by atoms with E-state index < -0.39 is 0 Å². The molecule has 1 fully saturated rings. The van der Waals surface area contributed by atoms with Crippen LogP contribution in [0, 0.1) is 0 Å². The van der Waals surface area contributed by atoms with E-state index in [0.717, 1.165) is 30.5 Å². The lowest BCUT2D eigenvalue weighted by Crippen LogP contribution is -2.51. The molecule has 1 aliphatic heterocycles. The highest BCUT2D eigenvalue weighted by atomic mass is 35.5. The number of halogens is 1. The summed E-state index contributed by atoms with van der Waals surface area (Å²) >= 11 is 0. The van der Waals surface area contributed by atoms with Gasteiger partial charge in [-0.25, -0.2) is 0 Å². The summed E-state index contributed by atoms with van der Waals surface area (Å²) in [5.41, 5.74) is 3.02. The SMILES string of the molecule is CC1NCCCC1NC(=O)c1ccc(-c2ccccc2)cc1.Cl. The highest BCUT2D eigenvalue weighted by Gasteiger charge is 2.22. The van der Waals surface area contributed by atoms with E-state index in [1.807, 2.05) is 42.5 Å². The van der Waals surface area contributed by atoms with Crippen LogP contribution in [0.25, 0.3) is 11.1 Å². The first kappa shape index (κ1) is 17.5. The minimum atomic E-state index is 0. The summed E-state index contributed by atoms with van der Waals surface area (Å²) in [5, 5.41) is 6.55. The van der Waals surface area contributed by atoms with Crippen LogP contribution in [0.3, 0.4) is 0 Å². The van der Waals surface area contributed by atoms with E-state index in [-0.39, 0.29) is 24.4 Å². The van der Waals surface area contributed by atoms with E-state index in [4.69, 9.17) is 0 Å². The molecule has 0 bridgehead atoms. The van der Waals surface area contributed by atoms with E-state index in [1.54, 1.807) is 0 Å². The molecule has 1 saturated heterocycles. The fourth-order valence-electron chi connectivity index (χ4n) is 2.94. The smallest absolute Gasteiger partial charge is 0.251 e. The molecule has 0 radical (unpaired) electrons. The van der Waals surface area contributed by atoms with Crippen molar-refractivity contribution >= 4 is 18.3 Å². The third-order valence-corrected chi connectivity index (χ3v) is 4.33. The zero-order chi connectivity index (χ0) is 15.4. The largest absolute Gasteiger partial charge is 0.348 e. The van der Waals surface area contributed by atoms with E-state index in [9.17, 15) is 4.79 Å². The summed E-state index contributed by atoms with van der Waals surface area (Å²) in [6, 6.07) is 18.6. The predicted molar refractivity (Wildman–Crippen MR) is 97.1 cm³/mol. The lowest BCUT2D eigenvalue weighted by molar-refractivity contribution is 0.0920. The minimum Gasteiger partial charge on any atom is -0.348 e. The maximum atomic E-state index is 12.4. The fourth-order valence-corrected chi connectivity index (χ4v) is 2.94. The van der Waals surface area contributed by atoms with Gasteiger partial charge < -0.3 is 10.6 Å². The average molecular weight is 331 g/mol. The van der Waals surface area contributed by atoms with Crippen molar-refractivity contribution in [2.75, 3.05) is 6.54 Å².